The highest BCUT2D eigenvalue weighted by molar-refractivity contribution is 6.34. The van der Waals surface area contributed by atoms with E-state index in [1.807, 2.05) is 12.1 Å². The molecule has 0 aromatic carbocycles. The first-order valence-electron chi connectivity index (χ1n) is 5.62. The van der Waals surface area contributed by atoms with Gasteiger partial charge in [0.2, 0.25) is 0 Å². The van der Waals surface area contributed by atoms with E-state index >= 15 is 0 Å². The van der Waals surface area contributed by atoms with Crippen LogP contribution in [0.1, 0.15) is 13.3 Å². The van der Waals surface area contributed by atoms with Gasteiger partial charge in [0, 0.05) is 17.8 Å². The highest BCUT2D eigenvalue weighted by Crippen LogP contribution is 2.28. The summed E-state index contributed by atoms with van der Waals surface area (Å²) in [6.45, 7) is 2.73. The van der Waals surface area contributed by atoms with Crippen molar-refractivity contribution in [1.82, 2.24) is 9.97 Å². The van der Waals surface area contributed by atoms with E-state index in [-0.39, 0.29) is 0 Å². The lowest BCUT2D eigenvalue weighted by Gasteiger charge is -2.07. The Morgan fingerprint density at radius 2 is 2.06 bits per heavy atom. The minimum Gasteiger partial charge on any atom is -0.493 e. The topological polar surface area (TPSA) is 35.0 Å². The minimum atomic E-state index is 0.336. The molecule has 0 saturated carbocycles. The molecule has 2 aromatic heterocycles. The second-order valence-corrected chi connectivity index (χ2v) is 4.44. The second-order valence-electron chi connectivity index (χ2n) is 3.70. The van der Waals surface area contributed by atoms with E-state index in [1.165, 1.54) is 0 Å². The Kier molecular flexibility index (Phi) is 4.39. The first-order valence-corrected chi connectivity index (χ1v) is 6.37. The zero-order valence-corrected chi connectivity index (χ0v) is 11.4. The Hall–Kier alpha value is -1.32. The maximum absolute atomic E-state index is 6.04. The molecule has 0 aliphatic rings. The van der Waals surface area contributed by atoms with Crippen LogP contribution in [-0.2, 0) is 0 Å². The molecule has 0 N–H and O–H groups in total. The Morgan fingerprint density at radius 1 is 1.22 bits per heavy atom. The molecule has 0 radical (unpaired) electrons. The van der Waals surface area contributed by atoms with Crippen LogP contribution in [0, 0.1) is 0 Å². The quantitative estimate of drug-likeness (QED) is 0.787. The number of nitrogens with zero attached hydrogens (tertiary/aromatic N) is 2. The van der Waals surface area contributed by atoms with Crippen molar-refractivity contribution in [2.45, 2.75) is 13.3 Å². The standard InChI is InChI=1S/C13H12Cl2N2O/c1-2-7-18-9-5-6-16-11(8-9)10-3-4-12(14)17-13(10)15/h3-6,8H,2,7H2,1H3. The molecule has 2 rings (SSSR count). The normalized spacial score (nSPS) is 10.4. The summed E-state index contributed by atoms with van der Waals surface area (Å²) in [5.74, 6) is 0.771. The van der Waals surface area contributed by atoms with Crippen LogP contribution in [0.3, 0.4) is 0 Å². The van der Waals surface area contributed by atoms with Crippen LogP contribution in [0.2, 0.25) is 10.3 Å². The Labute approximate surface area is 116 Å². The first-order chi connectivity index (χ1) is 8.70. The van der Waals surface area contributed by atoms with Gasteiger partial charge in [0.15, 0.2) is 0 Å². The third-order valence-corrected chi connectivity index (χ3v) is 2.79. The summed E-state index contributed by atoms with van der Waals surface area (Å²) in [6, 6.07) is 7.14. The number of halogens is 2. The molecular weight excluding hydrogens is 271 g/mol. The Morgan fingerprint density at radius 3 is 2.78 bits per heavy atom. The van der Waals surface area contributed by atoms with Crippen LogP contribution in [0.4, 0.5) is 0 Å². The van der Waals surface area contributed by atoms with Gasteiger partial charge in [0.05, 0.1) is 12.3 Å². The zero-order chi connectivity index (χ0) is 13.0. The van der Waals surface area contributed by atoms with E-state index in [9.17, 15) is 0 Å². The number of ether oxygens (including phenoxy) is 1. The predicted molar refractivity (Wildman–Crippen MR) is 73.3 cm³/mol. The summed E-state index contributed by atoms with van der Waals surface area (Å²) < 4.78 is 5.55. The molecule has 0 aliphatic carbocycles. The van der Waals surface area contributed by atoms with Crippen LogP contribution < -0.4 is 4.74 Å². The summed E-state index contributed by atoms with van der Waals surface area (Å²) in [4.78, 5) is 8.25. The van der Waals surface area contributed by atoms with Crippen molar-refractivity contribution in [3.63, 3.8) is 0 Å². The lowest BCUT2D eigenvalue weighted by Crippen LogP contribution is -1.96. The number of rotatable bonds is 4. The molecule has 0 unspecified atom stereocenters. The van der Waals surface area contributed by atoms with Gasteiger partial charge in [-0.1, -0.05) is 30.1 Å². The molecule has 94 valence electrons. The smallest absolute Gasteiger partial charge is 0.140 e. The average molecular weight is 283 g/mol. The molecule has 0 saturated heterocycles. The number of hydrogen-bond donors (Lipinski definition) is 0. The van der Waals surface area contributed by atoms with Crippen LogP contribution in [0.15, 0.2) is 30.5 Å². The fraction of sp³-hybridized carbons (Fsp3) is 0.231. The molecule has 2 aromatic rings. The van der Waals surface area contributed by atoms with Gasteiger partial charge in [0.1, 0.15) is 16.1 Å². The summed E-state index contributed by atoms with van der Waals surface area (Å²) >= 11 is 11.8. The fourth-order valence-corrected chi connectivity index (χ4v) is 1.91. The maximum atomic E-state index is 6.04. The van der Waals surface area contributed by atoms with E-state index in [0.29, 0.717) is 16.9 Å². The van der Waals surface area contributed by atoms with Crippen molar-refractivity contribution in [3.05, 3.63) is 40.8 Å². The fourth-order valence-electron chi connectivity index (χ4n) is 1.47. The maximum Gasteiger partial charge on any atom is 0.140 e. The van der Waals surface area contributed by atoms with Crippen LogP contribution in [0.25, 0.3) is 11.3 Å². The van der Waals surface area contributed by atoms with Crippen molar-refractivity contribution < 1.29 is 4.74 Å². The molecule has 18 heavy (non-hydrogen) atoms. The highest BCUT2D eigenvalue weighted by Gasteiger charge is 2.08. The second kappa shape index (κ2) is 6.03. The Balaban J connectivity index is 2.32. The van der Waals surface area contributed by atoms with Gasteiger partial charge in [-0.2, -0.15) is 0 Å². The van der Waals surface area contributed by atoms with Gasteiger partial charge in [-0.05, 0) is 24.6 Å². The van der Waals surface area contributed by atoms with Gasteiger partial charge >= 0.3 is 0 Å². The largest absolute Gasteiger partial charge is 0.493 e. The van der Waals surface area contributed by atoms with Gasteiger partial charge in [-0.15, -0.1) is 0 Å². The SMILES string of the molecule is CCCOc1ccnc(-c2ccc(Cl)nc2Cl)c1. The molecular formula is C13H12Cl2N2O. The summed E-state index contributed by atoms with van der Waals surface area (Å²) in [5.41, 5.74) is 1.46. The average Bonchev–Trinajstić information content (AvgIpc) is 2.36. The molecule has 3 nitrogen and oxygen atoms in total. The molecule has 0 bridgehead atoms. The molecule has 0 amide bonds. The monoisotopic (exact) mass is 282 g/mol. The van der Waals surface area contributed by atoms with E-state index < -0.39 is 0 Å². The molecule has 0 fully saturated rings. The Bertz CT molecular complexity index is 546. The number of hydrogen-bond acceptors (Lipinski definition) is 3. The number of aromatic nitrogens is 2. The van der Waals surface area contributed by atoms with Crippen molar-refractivity contribution in [3.8, 4) is 17.0 Å². The van der Waals surface area contributed by atoms with Crippen LogP contribution in [0.5, 0.6) is 5.75 Å². The van der Waals surface area contributed by atoms with Gasteiger partial charge in [-0.3, -0.25) is 4.98 Å². The van der Waals surface area contributed by atoms with Gasteiger partial charge in [-0.25, -0.2) is 4.98 Å². The zero-order valence-electron chi connectivity index (χ0n) is 9.86. The first kappa shape index (κ1) is 13.1. The molecule has 0 spiro atoms. The van der Waals surface area contributed by atoms with Crippen molar-refractivity contribution in [2.24, 2.45) is 0 Å². The summed E-state index contributed by atoms with van der Waals surface area (Å²) in [5, 5.41) is 0.699. The van der Waals surface area contributed by atoms with Crippen molar-refractivity contribution >= 4 is 23.2 Å². The van der Waals surface area contributed by atoms with Gasteiger partial charge < -0.3 is 4.74 Å². The predicted octanol–water partition coefficient (Wildman–Crippen LogP) is 4.24. The van der Waals surface area contributed by atoms with E-state index in [0.717, 1.165) is 23.4 Å². The highest BCUT2D eigenvalue weighted by atomic mass is 35.5. The molecule has 5 heteroatoms. The van der Waals surface area contributed by atoms with Crippen molar-refractivity contribution in [2.75, 3.05) is 6.61 Å². The lowest BCUT2D eigenvalue weighted by molar-refractivity contribution is 0.317. The van der Waals surface area contributed by atoms with E-state index in [2.05, 4.69) is 16.9 Å². The number of pyridine rings is 2. The van der Waals surface area contributed by atoms with Crippen molar-refractivity contribution in [1.29, 1.82) is 0 Å². The van der Waals surface area contributed by atoms with E-state index in [4.69, 9.17) is 27.9 Å². The molecule has 0 atom stereocenters. The summed E-state index contributed by atoms with van der Waals surface area (Å²) in [6.07, 6.45) is 2.65. The minimum absolute atomic E-state index is 0.336. The third-order valence-electron chi connectivity index (χ3n) is 2.29. The third kappa shape index (κ3) is 3.12. The van der Waals surface area contributed by atoms with Crippen LogP contribution in [-0.4, -0.2) is 16.6 Å². The van der Waals surface area contributed by atoms with Crippen LogP contribution >= 0.6 is 23.2 Å². The molecule has 2 heterocycles. The van der Waals surface area contributed by atoms with E-state index in [1.54, 1.807) is 18.3 Å². The molecule has 0 aliphatic heterocycles. The van der Waals surface area contributed by atoms with Gasteiger partial charge in [0.25, 0.3) is 0 Å². The summed E-state index contributed by atoms with van der Waals surface area (Å²) in [7, 11) is 0. The lowest BCUT2D eigenvalue weighted by atomic mass is 10.2.